The number of carbonyl (C=O) groups is 2. The second-order valence-electron chi connectivity index (χ2n) is 10.8. The largest absolute Gasteiger partial charge is 0.354 e. The maximum absolute atomic E-state index is 14.5. The van der Waals surface area contributed by atoms with Crippen molar-refractivity contribution in [1.29, 1.82) is 0 Å². The molecule has 0 unspecified atom stereocenters. The van der Waals surface area contributed by atoms with Crippen molar-refractivity contribution >= 4 is 50.7 Å². The van der Waals surface area contributed by atoms with Gasteiger partial charge in [0.15, 0.2) is 0 Å². The van der Waals surface area contributed by atoms with Gasteiger partial charge in [0, 0.05) is 29.6 Å². The van der Waals surface area contributed by atoms with Crippen molar-refractivity contribution < 1.29 is 18.0 Å². The van der Waals surface area contributed by atoms with Gasteiger partial charge >= 0.3 is 0 Å². The van der Waals surface area contributed by atoms with Crippen LogP contribution in [0.15, 0.2) is 108 Å². The average Bonchev–Trinajstić information content (AvgIpc) is 3.03. The monoisotopic (exact) mass is 665 g/mol. The lowest BCUT2D eigenvalue weighted by molar-refractivity contribution is -0.140. The zero-order chi connectivity index (χ0) is 32.4. The van der Waals surface area contributed by atoms with E-state index in [1.54, 1.807) is 61.5 Å². The molecule has 0 spiro atoms. The highest BCUT2D eigenvalue weighted by atomic mass is 35.5. The van der Waals surface area contributed by atoms with Crippen LogP contribution in [0, 0.1) is 6.92 Å². The van der Waals surface area contributed by atoms with Gasteiger partial charge in [-0.1, -0.05) is 97.2 Å². The van der Waals surface area contributed by atoms with Crippen molar-refractivity contribution in [3.63, 3.8) is 0 Å². The molecule has 0 aliphatic rings. The Morgan fingerprint density at radius 1 is 0.822 bits per heavy atom. The zero-order valence-corrected chi connectivity index (χ0v) is 27.7. The van der Waals surface area contributed by atoms with Crippen LogP contribution in [0.3, 0.4) is 0 Å². The Balaban J connectivity index is 1.81. The van der Waals surface area contributed by atoms with Crippen LogP contribution in [-0.4, -0.2) is 44.3 Å². The summed E-state index contributed by atoms with van der Waals surface area (Å²) in [6.45, 7) is 3.72. The SMILES string of the molecule is CCCCNC(=O)[C@@H](Cc1ccccc1)N(Cc1cccc(Cl)c1)C(=O)CN(c1ccc(Cl)cc1C)S(=O)(=O)c1ccccc1. The molecule has 0 fully saturated rings. The standard InChI is InChI=1S/C35H37Cl2N3O4S/c1-3-4-20-38-35(42)33(23-27-12-7-5-8-13-27)39(24-28-14-11-15-29(36)22-28)34(41)25-40(32-19-18-30(37)21-26(32)2)45(43,44)31-16-9-6-10-17-31/h5-19,21-22,33H,3-4,20,23-25H2,1-2H3,(H,38,42)/t33-/m1/s1. The van der Waals surface area contributed by atoms with Crippen LogP contribution in [0.1, 0.15) is 36.5 Å². The molecule has 0 bridgehead atoms. The summed E-state index contributed by atoms with van der Waals surface area (Å²) in [5.74, 6) is -0.863. The van der Waals surface area contributed by atoms with Crippen LogP contribution in [0.25, 0.3) is 0 Å². The average molecular weight is 667 g/mol. The van der Waals surface area contributed by atoms with E-state index in [1.807, 2.05) is 43.3 Å². The van der Waals surface area contributed by atoms with Gasteiger partial charge in [0.25, 0.3) is 10.0 Å². The molecule has 0 heterocycles. The summed E-state index contributed by atoms with van der Waals surface area (Å²) in [7, 11) is -4.20. The summed E-state index contributed by atoms with van der Waals surface area (Å²) in [4.78, 5) is 29.8. The first kappa shape index (κ1) is 34.0. The normalized spacial score (nSPS) is 11.9. The van der Waals surface area contributed by atoms with E-state index in [9.17, 15) is 18.0 Å². The Bertz CT molecular complexity index is 1700. The third-order valence-corrected chi connectivity index (χ3v) is 9.62. The minimum atomic E-state index is -4.20. The quantitative estimate of drug-likeness (QED) is 0.146. The Labute approximate surface area is 275 Å². The third-order valence-electron chi connectivity index (χ3n) is 7.38. The number of hydrogen-bond acceptors (Lipinski definition) is 4. The summed E-state index contributed by atoms with van der Waals surface area (Å²) in [5, 5.41) is 3.91. The van der Waals surface area contributed by atoms with Crippen molar-refractivity contribution in [2.24, 2.45) is 0 Å². The molecule has 4 aromatic carbocycles. The highest BCUT2D eigenvalue weighted by Crippen LogP contribution is 2.29. The Kier molecular flexibility index (Phi) is 12.0. The number of sulfonamides is 1. The fraction of sp³-hybridized carbons (Fsp3) is 0.257. The molecule has 7 nitrogen and oxygen atoms in total. The van der Waals surface area contributed by atoms with Crippen molar-refractivity contribution in [2.75, 3.05) is 17.4 Å². The zero-order valence-electron chi connectivity index (χ0n) is 25.3. The number of carbonyl (C=O) groups excluding carboxylic acids is 2. The molecule has 0 radical (unpaired) electrons. The summed E-state index contributed by atoms with van der Waals surface area (Å²) in [5.41, 5.74) is 2.45. The predicted molar refractivity (Wildman–Crippen MR) is 181 cm³/mol. The second-order valence-corrected chi connectivity index (χ2v) is 13.5. The lowest BCUT2D eigenvalue weighted by atomic mass is 10.0. The first-order valence-corrected chi connectivity index (χ1v) is 17.0. The maximum Gasteiger partial charge on any atom is 0.264 e. The van der Waals surface area contributed by atoms with Gasteiger partial charge in [-0.2, -0.15) is 0 Å². The summed E-state index contributed by atoms with van der Waals surface area (Å²) in [6, 6.07) is 28.4. The number of unbranched alkanes of at least 4 members (excludes halogenated alkanes) is 1. The van der Waals surface area contributed by atoms with Crippen molar-refractivity contribution in [3.05, 3.63) is 130 Å². The molecular formula is C35H37Cl2N3O4S. The molecule has 1 N–H and O–H groups in total. The first-order valence-electron chi connectivity index (χ1n) is 14.8. The smallest absolute Gasteiger partial charge is 0.264 e. The van der Waals surface area contributed by atoms with E-state index in [1.165, 1.54) is 17.0 Å². The number of benzene rings is 4. The second kappa shape index (κ2) is 15.9. The summed E-state index contributed by atoms with van der Waals surface area (Å²) >= 11 is 12.5. The van der Waals surface area contributed by atoms with Crippen LogP contribution in [0.4, 0.5) is 5.69 Å². The van der Waals surface area contributed by atoms with Crippen LogP contribution < -0.4 is 9.62 Å². The number of anilines is 1. The maximum atomic E-state index is 14.5. The fourth-order valence-corrected chi connectivity index (χ4v) is 6.96. The summed E-state index contributed by atoms with van der Waals surface area (Å²) in [6.07, 6.45) is 1.91. The van der Waals surface area contributed by atoms with E-state index < -0.39 is 28.5 Å². The number of halogens is 2. The van der Waals surface area contributed by atoms with Gasteiger partial charge in [-0.05, 0) is 72.5 Å². The highest BCUT2D eigenvalue weighted by Gasteiger charge is 2.35. The van der Waals surface area contributed by atoms with E-state index in [0.717, 1.165) is 22.7 Å². The highest BCUT2D eigenvalue weighted by molar-refractivity contribution is 7.92. The Hall–Kier alpha value is -3.85. The van der Waals surface area contributed by atoms with Gasteiger partial charge in [-0.15, -0.1) is 0 Å². The first-order chi connectivity index (χ1) is 21.6. The van der Waals surface area contributed by atoms with E-state index in [4.69, 9.17) is 23.2 Å². The van der Waals surface area contributed by atoms with Gasteiger partial charge in [0.2, 0.25) is 11.8 Å². The number of amides is 2. The van der Waals surface area contributed by atoms with Gasteiger partial charge in [0.1, 0.15) is 12.6 Å². The van der Waals surface area contributed by atoms with Gasteiger partial charge < -0.3 is 10.2 Å². The van der Waals surface area contributed by atoms with Crippen molar-refractivity contribution in [1.82, 2.24) is 10.2 Å². The van der Waals surface area contributed by atoms with Crippen LogP contribution in [-0.2, 0) is 32.6 Å². The molecule has 1 atom stereocenters. The molecule has 45 heavy (non-hydrogen) atoms. The number of hydrogen-bond donors (Lipinski definition) is 1. The molecule has 2 amide bonds. The van der Waals surface area contributed by atoms with E-state index in [2.05, 4.69) is 5.32 Å². The lowest BCUT2D eigenvalue weighted by Crippen LogP contribution is -2.53. The molecule has 236 valence electrons. The van der Waals surface area contributed by atoms with E-state index in [0.29, 0.717) is 33.4 Å². The van der Waals surface area contributed by atoms with Crippen LogP contribution in [0.2, 0.25) is 10.0 Å². The predicted octanol–water partition coefficient (Wildman–Crippen LogP) is 7.05. The molecule has 0 aliphatic carbocycles. The van der Waals surface area contributed by atoms with Gasteiger partial charge in [-0.3, -0.25) is 13.9 Å². The molecule has 4 rings (SSSR count). The minimum Gasteiger partial charge on any atom is -0.354 e. The number of nitrogens with one attached hydrogen (secondary N) is 1. The Morgan fingerprint density at radius 3 is 2.11 bits per heavy atom. The van der Waals surface area contributed by atoms with Gasteiger partial charge in [0.05, 0.1) is 10.6 Å². The Morgan fingerprint density at radius 2 is 1.47 bits per heavy atom. The summed E-state index contributed by atoms with van der Waals surface area (Å²) < 4.78 is 29.3. The number of rotatable bonds is 14. The van der Waals surface area contributed by atoms with Crippen LogP contribution >= 0.6 is 23.2 Å². The van der Waals surface area contributed by atoms with Crippen LogP contribution in [0.5, 0.6) is 0 Å². The topological polar surface area (TPSA) is 86.8 Å². The van der Waals surface area contributed by atoms with E-state index in [-0.39, 0.29) is 23.8 Å². The molecule has 10 heteroatoms. The third kappa shape index (κ3) is 9.10. The molecule has 0 saturated heterocycles. The van der Waals surface area contributed by atoms with E-state index >= 15 is 0 Å². The fourth-order valence-electron chi connectivity index (χ4n) is 5.02. The molecule has 0 aromatic heterocycles. The lowest BCUT2D eigenvalue weighted by Gasteiger charge is -2.34. The van der Waals surface area contributed by atoms with Crippen molar-refractivity contribution in [3.8, 4) is 0 Å². The molecular weight excluding hydrogens is 629 g/mol. The molecule has 0 aliphatic heterocycles. The molecule has 4 aromatic rings. The van der Waals surface area contributed by atoms with Gasteiger partial charge in [-0.25, -0.2) is 8.42 Å². The number of aryl methyl sites for hydroxylation is 1. The van der Waals surface area contributed by atoms with Crippen molar-refractivity contribution in [2.45, 2.75) is 50.6 Å². The number of nitrogens with zero attached hydrogens (tertiary/aromatic N) is 2. The molecule has 0 saturated carbocycles. The minimum absolute atomic E-state index is 0.0340.